The van der Waals surface area contributed by atoms with E-state index in [0.29, 0.717) is 4.70 Å². The number of carbonyl (C=O) groups is 1. The molecule has 160 valence electrons. The van der Waals surface area contributed by atoms with Gasteiger partial charge >= 0.3 is 6.18 Å². The maximum atomic E-state index is 15.1. The summed E-state index contributed by atoms with van der Waals surface area (Å²) in [6, 6.07) is 7.55. The number of nitrogens with zero attached hydrogens (tertiary/aromatic N) is 3. The van der Waals surface area contributed by atoms with E-state index in [0.717, 1.165) is 35.2 Å². The van der Waals surface area contributed by atoms with Crippen LogP contribution in [-0.2, 0) is 6.18 Å². The van der Waals surface area contributed by atoms with Crippen molar-refractivity contribution in [2.75, 3.05) is 12.4 Å². The third kappa shape index (κ3) is 4.18. The summed E-state index contributed by atoms with van der Waals surface area (Å²) >= 11 is 1.82. The Bertz CT molecular complexity index is 1260. The van der Waals surface area contributed by atoms with Gasteiger partial charge in [0.2, 0.25) is 0 Å². The predicted molar refractivity (Wildman–Crippen MR) is 106 cm³/mol. The second kappa shape index (κ2) is 8.15. The molecule has 0 aliphatic heterocycles. The molecule has 0 saturated heterocycles. The van der Waals surface area contributed by atoms with E-state index in [-0.39, 0.29) is 31.8 Å². The number of ether oxygens (including phenoxy) is 1. The lowest BCUT2D eigenvalue weighted by atomic mass is 10.2. The highest BCUT2D eigenvalue weighted by Gasteiger charge is 2.31. The first-order valence-corrected chi connectivity index (χ1v) is 10.1. The second-order valence-corrected chi connectivity index (χ2v) is 8.17. The van der Waals surface area contributed by atoms with Gasteiger partial charge < -0.3 is 4.74 Å². The minimum atomic E-state index is -4.54. The van der Waals surface area contributed by atoms with Gasteiger partial charge in [-0.25, -0.2) is 4.39 Å². The molecule has 0 spiro atoms. The van der Waals surface area contributed by atoms with E-state index >= 15 is 4.39 Å². The van der Waals surface area contributed by atoms with Crippen molar-refractivity contribution in [2.24, 2.45) is 0 Å². The first kappa shape index (κ1) is 21.1. The van der Waals surface area contributed by atoms with Crippen molar-refractivity contribution in [2.45, 2.75) is 16.0 Å². The van der Waals surface area contributed by atoms with Crippen molar-refractivity contribution in [1.82, 2.24) is 20.6 Å². The minimum Gasteiger partial charge on any atom is -0.494 e. The van der Waals surface area contributed by atoms with Gasteiger partial charge in [-0.2, -0.15) is 18.4 Å². The van der Waals surface area contributed by atoms with Crippen LogP contribution in [0.4, 0.5) is 23.5 Å². The number of aromatic amines is 1. The van der Waals surface area contributed by atoms with Gasteiger partial charge in [0.15, 0.2) is 11.6 Å². The summed E-state index contributed by atoms with van der Waals surface area (Å²) in [7, 11) is 1.29. The molecule has 4 aromatic rings. The molecule has 0 unspecified atom stereocenters. The number of nitrogens with one attached hydrogen (secondary N) is 2. The van der Waals surface area contributed by atoms with Crippen molar-refractivity contribution in [3.8, 4) is 5.75 Å². The van der Waals surface area contributed by atoms with Gasteiger partial charge in [0.25, 0.3) is 11.9 Å². The van der Waals surface area contributed by atoms with E-state index in [4.69, 9.17) is 4.74 Å². The summed E-state index contributed by atoms with van der Waals surface area (Å²) in [5.74, 6) is -1.53. The maximum Gasteiger partial charge on any atom is 0.416 e. The molecular weight excluding hydrogens is 458 g/mol. The number of tetrazole rings is 1. The van der Waals surface area contributed by atoms with Crippen LogP contribution in [0.3, 0.4) is 0 Å². The molecule has 7 nitrogen and oxygen atoms in total. The Labute approximate surface area is 179 Å². The van der Waals surface area contributed by atoms with Crippen LogP contribution < -0.4 is 10.1 Å². The number of anilines is 1. The number of methoxy groups -OCH3 is 1. The van der Waals surface area contributed by atoms with Crippen LogP contribution in [-0.4, -0.2) is 33.6 Å². The number of amides is 1. The SMILES string of the molecule is COc1ccc2sc(C(=O)Nc3nn[nH]n3)c(Sc3cccc(C(F)(F)F)c3)c2c1F. The van der Waals surface area contributed by atoms with Crippen molar-refractivity contribution in [3.05, 3.63) is 52.7 Å². The molecule has 2 heterocycles. The smallest absolute Gasteiger partial charge is 0.416 e. The molecule has 0 fully saturated rings. The fourth-order valence-electron chi connectivity index (χ4n) is 2.74. The van der Waals surface area contributed by atoms with Crippen LogP contribution >= 0.6 is 23.1 Å². The molecule has 0 bridgehead atoms. The number of hydrogen-bond acceptors (Lipinski definition) is 7. The van der Waals surface area contributed by atoms with Crippen LogP contribution in [0, 0.1) is 5.82 Å². The van der Waals surface area contributed by atoms with Crippen LogP contribution in [0.15, 0.2) is 46.2 Å². The lowest BCUT2D eigenvalue weighted by Crippen LogP contribution is -2.12. The van der Waals surface area contributed by atoms with Gasteiger partial charge in [-0.1, -0.05) is 22.9 Å². The molecule has 1 amide bonds. The van der Waals surface area contributed by atoms with E-state index in [1.807, 2.05) is 0 Å². The maximum absolute atomic E-state index is 15.1. The number of alkyl halides is 3. The largest absolute Gasteiger partial charge is 0.494 e. The average molecular weight is 469 g/mol. The van der Waals surface area contributed by atoms with Gasteiger partial charge in [-0.3, -0.25) is 10.1 Å². The van der Waals surface area contributed by atoms with Gasteiger partial charge in [-0.05, 0) is 35.5 Å². The number of fused-ring (bicyclic) bond motifs is 1. The number of halogens is 4. The summed E-state index contributed by atoms with van der Waals surface area (Å²) in [5.41, 5.74) is -0.854. The van der Waals surface area contributed by atoms with Crippen molar-refractivity contribution >= 4 is 45.0 Å². The number of carbonyl (C=O) groups excluding carboxylic acids is 1. The Morgan fingerprint density at radius 3 is 2.74 bits per heavy atom. The number of H-pyrrole nitrogens is 1. The summed E-state index contributed by atoms with van der Waals surface area (Å²) in [5, 5.41) is 15.3. The topological polar surface area (TPSA) is 92.8 Å². The average Bonchev–Trinajstić information content (AvgIpc) is 3.36. The second-order valence-electron chi connectivity index (χ2n) is 6.03. The Morgan fingerprint density at radius 2 is 2.06 bits per heavy atom. The number of hydrogen-bond donors (Lipinski definition) is 2. The number of rotatable bonds is 5. The normalized spacial score (nSPS) is 11.6. The molecule has 0 radical (unpaired) electrons. The zero-order valence-corrected chi connectivity index (χ0v) is 17.1. The molecule has 0 atom stereocenters. The zero-order valence-electron chi connectivity index (χ0n) is 15.5. The first-order chi connectivity index (χ1) is 14.8. The summed E-state index contributed by atoms with van der Waals surface area (Å²) in [6.45, 7) is 0. The van der Waals surface area contributed by atoms with E-state index < -0.39 is 23.5 Å². The van der Waals surface area contributed by atoms with Crippen molar-refractivity contribution in [1.29, 1.82) is 0 Å². The molecular formula is C18H11F4N5O2S2. The molecule has 2 N–H and O–H groups in total. The van der Waals surface area contributed by atoms with Gasteiger partial charge in [0.1, 0.15) is 4.88 Å². The van der Waals surface area contributed by atoms with Crippen LogP contribution in [0.25, 0.3) is 10.1 Å². The predicted octanol–water partition coefficient (Wildman–Crippen LogP) is 4.98. The van der Waals surface area contributed by atoms with E-state index in [1.54, 1.807) is 6.07 Å². The summed E-state index contributed by atoms with van der Waals surface area (Å²) in [6.07, 6.45) is -4.54. The van der Waals surface area contributed by atoms with Crippen molar-refractivity contribution < 1.29 is 27.1 Å². The van der Waals surface area contributed by atoms with E-state index in [2.05, 4.69) is 25.9 Å². The number of benzene rings is 2. The van der Waals surface area contributed by atoms with E-state index in [9.17, 15) is 18.0 Å². The molecule has 2 aromatic carbocycles. The molecule has 0 saturated carbocycles. The van der Waals surface area contributed by atoms with Gasteiger partial charge in [0.05, 0.1) is 12.7 Å². The lowest BCUT2D eigenvalue weighted by molar-refractivity contribution is -0.137. The molecule has 31 heavy (non-hydrogen) atoms. The lowest BCUT2D eigenvalue weighted by Gasteiger charge is -2.10. The molecule has 0 aliphatic carbocycles. The van der Waals surface area contributed by atoms with Gasteiger partial charge in [0, 0.05) is 19.9 Å². The fourth-order valence-corrected chi connectivity index (χ4v) is 5.10. The van der Waals surface area contributed by atoms with Crippen LogP contribution in [0.2, 0.25) is 0 Å². The minimum absolute atomic E-state index is 0.0543. The monoisotopic (exact) mass is 469 g/mol. The molecule has 4 rings (SSSR count). The Kier molecular flexibility index (Phi) is 5.54. The first-order valence-electron chi connectivity index (χ1n) is 8.47. The van der Waals surface area contributed by atoms with Crippen LogP contribution in [0.1, 0.15) is 15.2 Å². The van der Waals surface area contributed by atoms with Gasteiger partial charge in [-0.15, -0.1) is 16.4 Å². The fraction of sp³-hybridized carbons (Fsp3) is 0.111. The summed E-state index contributed by atoms with van der Waals surface area (Å²) < 4.78 is 59.8. The highest BCUT2D eigenvalue weighted by Crippen LogP contribution is 2.45. The quantitative estimate of drug-likeness (QED) is 0.401. The third-order valence-corrected chi connectivity index (χ3v) is 6.48. The summed E-state index contributed by atoms with van der Waals surface area (Å²) in [4.78, 5) is 13.2. The molecule has 2 aromatic heterocycles. The third-order valence-electron chi connectivity index (χ3n) is 4.09. The number of aromatic nitrogens is 4. The molecule has 13 heteroatoms. The highest BCUT2D eigenvalue weighted by molar-refractivity contribution is 7.99. The Hall–Kier alpha value is -3.19. The standard InChI is InChI=1S/C18H11F4N5O2S2/c1-29-10-5-6-11-12(13(10)19)14(15(31-11)16(28)23-17-24-26-27-25-17)30-9-4-2-3-8(7-9)18(20,21)22/h2-7H,1H3,(H2,23,24,25,26,27,28). The number of thiophene rings is 1. The Balaban J connectivity index is 1.84. The Morgan fingerprint density at radius 1 is 1.26 bits per heavy atom. The van der Waals surface area contributed by atoms with Crippen LogP contribution in [0.5, 0.6) is 5.75 Å². The highest BCUT2D eigenvalue weighted by atomic mass is 32.2. The van der Waals surface area contributed by atoms with E-state index in [1.165, 1.54) is 25.3 Å². The van der Waals surface area contributed by atoms with Crippen molar-refractivity contribution in [3.63, 3.8) is 0 Å². The zero-order chi connectivity index (χ0) is 22.2. The molecule has 0 aliphatic rings.